The minimum Gasteiger partial charge on any atom is -0.393 e. The normalized spacial score (nSPS) is 32.5. The highest BCUT2D eigenvalue weighted by molar-refractivity contribution is 5.75. The summed E-state index contributed by atoms with van der Waals surface area (Å²) in [4.78, 5) is 15.9. The maximum atomic E-state index is 11.7. The summed E-state index contributed by atoms with van der Waals surface area (Å²) >= 11 is 0. The van der Waals surface area contributed by atoms with Gasteiger partial charge in [0.05, 0.1) is 6.10 Å². The molecule has 0 spiro atoms. The zero-order valence-electron chi connectivity index (χ0n) is 12.3. The number of carbonyl (C=O) groups excluding carboxylic acids is 1. The first-order valence-corrected chi connectivity index (χ1v) is 7.72. The van der Waals surface area contributed by atoms with E-state index < -0.39 is 0 Å². The van der Waals surface area contributed by atoms with Crippen LogP contribution in [0.4, 0.5) is 0 Å². The Balaban J connectivity index is 1.90. The fourth-order valence-electron chi connectivity index (χ4n) is 3.66. The number of rotatable bonds is 4. The molecule has 2 aliphatic rings. The monoisotopic (exact) mass is 268 g/mol. The fourth-order valence-corrected chi connectivity index (χ4v) is 3.66. The molecular formula is C15H28N2O2. The third-order valence-electron chi connectivity index (χ3n) is 4.80. The number of aliphatic hydroxyl groups excluding tert-OH is 1. The third kappa shape index (κ3) is 3.69. The zero-order chi connectivity index (χ0) is 13.8. The lowest BCUT2D eigenvalue weighted by molar-refractivity contribution is -0.129. The van der Waals surface area contributed by atoms with Crippen molar-refractivity contribution in [1.82, 2.24) is 9.80 Å². The van der Waals surface area contributed by atoms with Gasteiger partial charge in [0.2, 0.25) is 5.91 Å². The average Bonchev–Trinajstić information content (AvgIpc) is 2.82. The van der Waals surface area contributed by atoms with E-state index in [-0.39, 0.29) is 12.0 Å². The number of likely N-dealkylation sites (tertiary alicyclic amines) is 1. The minimum atomic E-state index is -0.116. The lowest BCUT2D eigenvalue weighted by Crippen LogP contribution is -2.47. The van der Waals surface area contributed by atoms with E-state index >= 15 is 0 Å². The number of piperidine rings is 1. The SMILES string of the molecule is CN(C)C(=O)CCN1CCCCC1C1CCCC1O. The summed E-state index contributed by atoms with van der Waals surface area (Å²) in [7, 11) is 3.63. The van der Waals surface area contributed by atoms with Crippen LogP contribution in [0, 0.1) is 5.92 Å². The van der Waals surface area contributed by atoms with Gasteiger partial charge in [-0.2, -0.15) is 0 Å². The van der Waals surface area contributed by atoms with Crippen molar-refractivity contribution in [2.24, 2.45) is 5.92 Å². The molecule has 3 atom stereocenters. The fraction of sp³-hybridized carbons (Fsp3) is 0.933. The van der Waals surface area contributed by atoms with Gasteiger partial charge >= 0.3 is 0 Å². The Labute approximate surface area is 116 Å². The van der Waals surface area contributed by atoms with Crippen molar-refractivity contribution >= 4 is 5.91 Å². The molecule has 0 aromatic rings. The number of aliphatic hydroxyl groups is 1. The maximum absolute atomic E-state index is 11.7. The lowest BCUT2D eigenvalue weighted by atomic mass is 9.87. The van der Waals surface area contributed by atoms with Crippen LogP contribution in [0.2, 0.25) is 0 Å². The van der Waals surface area contributed by atoms with Crippen LogP contribution in [-0.4, -0.2) is 60.1 Å². The zero-order valence-corrected chi connectivity index (χ0v) is 12.3. The van der Waals surface area contributed by atoms with Gasteiger partial charge < -0.3 is 10.0 Å². The second kappa shape index (κ2) is 6.71. The van der Waals surface area contributed by atoms with Gasteiger partial charge in [0, 0.05) is 39.0 Å². The molecule has 1 saturated carbocycles. The molecule has 4 nitrogen and oxygen atoms in total. The standard InChI is InChI=1S/C15H28N2O2/c1-16(2)15(19)9-11-17-10-4-3-7-13(17)12-6-5-8-14(12)18/h12-14,18H,3-11H2,1-2H3. The van der Waals surface area contributed by atoms with Gasteiger partial charge in [-0.25, -0.2) is 0 Å². The Bertz CT molecular complexity index is 307. The molecule has 1 aliphatic heterocycles. The topological polar surface area (TPSA) is 43.8 Å². The van der Waals surface area contributed by atoms with Gasteiger partial charge in [-0.15, -0.1) is 0 Å². The molecule has 0 aromatic heterocycles. The van der Waals surface area contributed by atoms with Crippen LogP contribution < -0.4 is 0 Å². The van der Waals surface area contributed by atoms with Crippen LogP contribution in [-0.2, 0) is 4.79 Å². The van der Waals surface area contributed by atoms with E-state index in [0.29, 0.717) is 18.4 Å². The van der Waals surface area contributed by atoms with Gasteiger partial charge in [-0.3, -0.25) is 9.69 Å². The molecular weight excluding hydrogens is 240 g/mol. The number of nitrogens with zero attached hydrogens (tertiary/aromatic N) is 2. The Morgan fingerprint density at radius 3 is 2.63 bits per heavy atom. The largest absolute Gasteiger partial charge is 0.393 e. The van der Waals surface area contributed by atoms with Crippen LogP contribution in [0.25, 0.3) is 0 Å². The molecule has 0 aromatic carbocycles. The number of hydrogen-bond donors (Lipinski definition) is 1. The molecule has 1 heterocycles. The third-order valence-corrected chi connectivity index (χ3v) is 4.80. The van der Waals surface area contributed by atoms with Crippen molar-refractivity contribution < 1.29 is 9.90 Å². The molecule has 2 fully saturated rings. The molecule has 110 valence electrons. The van der Waals surface area contributed by atoms with Gasteiger partial charge in [-0.05, 0) is 32.2 Å². The van der Waals surface area contributed by atoms with Gasteiger partial charge in [0.25, 0.3) is 0 Å². The van der Waals surface area contributed by atoms with E-state index in [1.807, 2.05) is 14.1 Å². The van der Waals surface area contributed by atoms with E-state index in [0.717, 1.165) is 32.4 Å². The summed E-state index contributed by atoms with van der Waals surface area (Å²) < 4.78 is 0. The van der Waals surface area contributed by atoms with E-state index in [1.165, 1.54) is 19.3 Å². The molecule has 19 heavy (non-hydrogen) atoms. The summed E-state index contributed by atoms with van der Waals surface area (Å²) in [6.07, 6.45) is 7.46. The van der Waals surface area contributed by atoms with Crippen LogP contribution in [0.3, 0.4) is 0 Å². The van der Waals surface area contributed by atoms with Crippen molar-refractivity contribution in [2.45, 2.75) is 57.1 Å². The van der Waals surface area contributed by atoms with Crippen LogP contribution in [0.5, 0.6) is 0 Å². The average molecular weight is 268 g/mol. The molecule has 1 saturated heterocycles. The van der Waals surface area contributed by atoms with Gasteiger partial charge in [-0.1, -0.05) is 12.8 Å². The number of amides is 1. The lowest BCUT2D eigenvalue weighted by Gasteiger charge is -2.40. The summed E-state index contributed by atoms with van der Waals surface area (Å²) in [5.41, 5.74) is 0. The molecule has 4 heteroatoms. The first-order valence-electron chi connectivity index (χ1n) is 7.72. The van der Waals surface area contributed by atoms with Crippen LogP contribution >= 0.6 is 0 Å². The quantitative estimate of drug-likeness (QED) is 0.840. The van der Waals surface area contributed by atoms with Crippen LogP contribution in [0.15, 0.2) is 0 Å². The Morgan fingerprint density at radius 1 is 1.21 bits per heavy atom. The summed E-state index contributed by atoms with van der Waals surface area (Å²) in [5, 5.41) is 10.1. The Kier molecular flexibility index (Phi) is 5.22. The highest BCUT2D eigenvalue weighted by atomic mass is 16.3. The second-order valence-corrected chi connectivity index (χ2v) is 6.30. The molecule has 1 amide bonds. The molecule has 0 bridgehead atoms. The Hall–Kier alpha value is -0.610. The first-order chi connectivity index (χ1) is 9.09. The predicted octanol–water partition coefficient (Wildman–Crippen LogP) is 1.48. The predicted molar refractivity (Wildman–Crippen MR) is 75.9 cm³/mol. The highest BCUT2D eigenvalue weighted by Gasteiger charge is 2.36. The van der Waals surface area contributed by atoms with Gasteiger partial charge in [0.15, 0.2) is 0 Å². The van der Waals surface area contributed by atoms with Crippen molar-refractivity contribution in [1.29, 1.82) is 0 Å². The summed E-state index contributed by atoms with van der Waals surface area (Å²) in [6, 6.07) is 0.501. The minimum absolute atomic E-state index is 0.116. The smallest absolute Gasteiger partial charge is 0.223 e. The first kappa shape index (κ1) is 14.8. The summed E-state index contributed by atoms with van der Waals surface area (Å²) in [6.45, 7) is 1.94. The highest BCUT2D eigenvalue weighted by Crippen LogP contribution is 2.35. The van der Waals surface area contributed by atoms with E-state index in [2.05, 4.69) is 4.90 Å². The number of carbonyl (C=O) groups is 1. The molecule has 3 unspecified atom stereocenters. The van der Waals surface area contributed by atoms with Gasteiger partial charge in [0.1, 0.15) is 0 Å². The van der Waals surface area contributed by atoms with Crippen molar-refractivity contribution in [3.8, 4) is 0 Å². The number of hydrogen-bond acceptors (Lipinski definition) is 3. The molecule has 1 aliphatic carbocycles. The molecule has 1 N–H and O–H groups in total. The maximum Gasteiger partial charge on any atom is 0.223 e. The molecule has 0 radical (unpaired) electrons. The van der Waals surface area contributed by atoms with E-state index in [9.17, 15) is 9.90 Å². The van der Waals surface area contributed by atoms with Crippen molar-refractivity contribution in [3.05, 3.63) is 0 Å². The van der Waals surface area contributed by atoms with Crippen molar-refractivity contribution in [3.63, 3.8) is 0 Å². The Morgan fingerprint density at radius 2 is 2.00 bits per heavy atom. The molecule has 2 rings (SSSR count). The van der Waals surface area contributed by atoms with Crippen molar-refractivity contribution in [2.75, 3.05) is 27.2 Å². The second-order valence-electron chi connectivity index (χ2n) is 6.30. The van der Waals surface area contributed by atoms with E-state index in [1.54, 1.807) is 4.90 Å². The van der Waals surface area contributed by atoms with Crippen LogP contribution in [0.1, 0.15) is 44.9 Å². The van der Waals surface area contributed by atoms with E-state index in [4.69, 9.17) is 0 Å². The summed E-state index contributed by atoms with van der Waals surface area (Å²) in [5.74, 6) is 0.644.